The molecule has 0 spiro atoms. The summed E-state index contributed by atoms with van der Waals surface area (Å²) in [4.78, 5) is 15.0. The third kappa shape index (κ3) is 3.18. The first kappa shape index (κ1) is 13.3. The van der Waals surface area contributed by atoms with Gasteiger partial charge in [-0.25, -0.2) is 9.37 Å². The van der Waals surface area contributed by atoms with Crippen LogP contribution in [0.5, 0.6) is 0 Å². The van der Waals surface area contributed by atoms with E-state index in [1.54, 1.807) is 0 Å². The predicted molar refractivity (Wildman–Crippen MR) is 59.8 cm³/mol. The molecule has 7 heteroatoms. The number of halogens is 4. The summed E-state index contributed by atoms with van der Waals surface area (Å²) in [6.07, 6.45) is -1.82. The van der Waals surface area contributed by atoms with E-state index < -0.39 is 23.3 Å². The summed E-state index contributed by atoms with van der Waals surface area (Å²) in [5.74, 6) is -0.957. The molecule has 0 aliphatic heterocycles. The van der Waals surface area contributed by atoms with Gasteiger partial charge in [-0.3, -0.25) is 4.79 Å². The highest BCUT2D eigenvalue weighted by Gasteiger charge is 2.30. The Labute approximate surface area is 105 Å². The number of anilines is 1. The third-order valence-corrected chi connectivity index (χ3v) is 2.41. The molecule has 100 valence electrons. The van der Waals surface area contributed by atoms with E-state index in [0.717, 1.165) is 18.2 Å². The Bertz CT molecular complexity index is 558. The summed E-state index contributed by atoms with van der Waals surface area (Å²) in [5.41, 5.74) is -0.790. The molecule has 0 bridgehead atoms. The van der Waals surface area contributed by atoms with E-state index in [1.807, 2.05) is 0 Å². The van der Waals surface area contributed by atoms with Gasteiger partial charge in [0.15, 0.2) is 5.78 Å². The second kappa shape index (κ2) is 4.83. The summed E-state index contributed by atoms with van der Waals surface area (Å²) < 4.78 is 49.7. The standard InChI is InChI=1S/C12H8F4N2O/c13-8-2-3-9(10(19)5-8)18-11-4-1-7(6-17-11)12(14,15)16/h1-4,6H,5H2,(H,17,18). The van der Waals surface area contributed by atoms with Crippen LogP contribution in [0.1, 0.15) is 12.0 Å². The Morgan fingerprint density at radius 3 is 2.47 bits per heavy atom. The van der Waals surface area contributed by atoms with E-state index in [1.165, 1.54) is 6.08 Å². The van der Waals surface area contributed by atoms with Crippen molar-refractivity contribution in [2.24, 2.45) is 0 Å². The number of carbonyl (C=O) groups is 1. The predicted octanol–water partition coefficient (Wildman–Crippen LogP) is 3.22. The van der Waals surface area contributed by atoms with Crippen molar-refractivity contribution in [2.45, 2.75) is 12.6 Å². The molecule has 1 aromatic heterocycles. The van der Waals surface area contributed by atoms with Gasteiger partial charge in [0.2, 0.25) is 0 Å². The van der Waals surface area contributed by atoms with Crippen LogP contribution in [-0.2, 0) is 11.0 Å². The van der Waals surface area contributed by atoms with Gasteiger partial charge in [-0.15, -0.1) is 0 Å². The topological polar surface area (TPSA) is 42.0 Å². The highest BCUT2D eigenvalue weighted by Crippen LogP contribution is 2.29. The van der Waals surface area contributed by atoms with Gasteiger partial charge in [-0.05, 0) is 24.3 Å². The molecule has 1 aliphatic rings. The van der Waals surface area contributed by atoms with E-state index in [0.29, 0.717) is 6.20 Å². The number of rotatable bonds is 2. The van der Waals surface area contributed by atoms with Gasteiger partial charge in [-0.2, -0.15) is 13.2 Å². The number of nitrogens with zero attached hydrogens (tertiary/aromatic N) is 1. The molecule has 0 amide bonds. The Kier molecular flexibility index (Phi) is 3.37. The Hall–Kier alpha value is -2.18. The van der Waals surface area contributed by atoms with Crippen LogP contribution in [0.15, 0.2) is 42.0 Å². The first-order valence-electron chi connectivity index (χ1n) is 5.26. The maximum absolute atomic E-state index is 12.8. The summed E-state index contributed by atoms with van der Waals surface area (Å²) >= 11 is 0. The Morgan fingerprint density at radius 1 is 1.21 bits per heavy atom. The lowest BCUT2D eigenvalue weighted by molar-refractivity contribution is -0.137. The molecule has 0 saturated heterocycles. The average molecular weight is 272 g/mol. The molecule has 1 heterocycles. The molecule has 0 atom stereocenters. The monoisotopic (exact) mass is 272 g/mol. The molecule has 1 aromatic rings. The number of hydrogen-bond acceptors (Lipinski definition) is 3. The van der Waals surface area contributed by atoms with Gasteiger partial charge in [0, 0.05) is 6.20 Å². The van der Waals surface area contributed by atoms with E-state index >= 15 is 0 Å². The van der Waals surface area contributed by atoms with Crippen LogP contribution in [0.4, 0.5) is 23.4 Å². The molecule has 0 aromatic carbocycles. The van der Waals surface area contributed by atoms with Crippen LogP contribution in [-0.4, -0.2) is 10.8 Å². The van der Waals surface area contributed by atoms with Gasteiger partial charge < -0.3 is 5.32 Å². The second-order valence-corrected chi connectivity index (χ2v) is 3.85. The lowest BCUT2D eigenvalue weighted by atomic mass is 10.1. The van der Waals surface area contributed by atoms with Crippen LogP contribution in [0.2, 0.25) is 0 Å². The normalized spacial score (nSPS) is 15.9. The van der Waals surface area contributed by atoms with Crippen molar-refractivity contribution >= 4 is 11.6 Å². The highest BCUT2D eigenvalue weighted by molar-refractivity contribution is 6.00. The number of pyridine rings is 1. The molecule has 2 rings (SSSR count). The third-order valence-electron chi connectivity index (χ3n) is 2.41. The van der Waals surface area contributed by atoms with Gasteiger partial charge >= 0.3 is 6.18 Å². The smallest absolute Gasteiger partial charge is 0.337 e. The van der Waals surface area contributed by atoms with Crippen LogP contribution in [0.25, 0.3) is 0 Å². The molecular formula is C12H8F4N2O. The van der Waals surface area contributed by atoms with Crippen LogP contribution in [0, 0.1) is 0 Å². The zero-order valence-electron chi connectivity index (χ0n) is 9.46. The number of allylic oxidation sites excluding steroid dienone is 4. The fourth-order valence-corrected chi connectivity index (χ4v) is 1.46. The summed E-state index contributed by atoms with van der Waals surface area (Å²) in [6.45, 7) is 0. The van der Waals surface area contributed by atoms with Gasteiger partial charge in [0.05, 0.1) is 17.7 Å². The van der Waals surface area contributed by atoms with Crippen molar-refractivity contribution in [1.82, 2.24) is 4.98 Å². The van der Waals surface area contributed by atoms with Crippen LogP contribution in [0.3, 0.4) is 0 Å². The van der Waals surface area contributed by atoms with Crippen molar-refractivity contribution in [3.8, 4) is 0 Å². The van der Waals surface area contributed by atoms with Crippen molar-refractivity contribution in [2.75, 3.05) is 5.32 Å². The van der Waals surface area contributed by atoms with Crippen molar-refractivity contribution < 1.29 is 22.4 Å². The fraction of sp³-hybridized carbons (Fsp3) is 0.167. The number of alkyl halides is 3. The largest absolute Gasteiger partial charge is 0.417 e. The lowest BCUT2D eigenvalue weighted by Gasteiger charge is -2.12. The SMILES string of the molecule is O=C1CC(F)=CC=C1Nc1ccc(C(F)(F)F)cn1. The lowest BCUT2D eigenvalue weighted by Crippen LogP contribution is -2.15. The van der Waals surface area contributed by atoms with Crippen molar-refractivity contribution in [1.29, 1.82) is 0 Å². The van der Waals surface area contributed by atoms with Crippen LogP contribution < -0.4 is 5.32 Å². The summed E-state index contributed by atoms with van der Waals surface area (Å²) in [5, 5.41) is 2.55. The van der Waals surface area contributed by atoms with Crippen molar-refractivity contribution in [3.05, 3.63) is 47.6 Å². The quantitative estimate of drug-likeness (QED) is 0.840. The molecular weight excluding hydrogens is 264 g/mol. The minimum atomic E-state index is -4.46. The molecule has 3 nitrogen and oxygen atoms in total. The maximum atomic E-state index is 12.8. The van der Waals surface area contributed by atoms with Gasteiger partial charge in [0.1, 0.15) is 11.6 Å². The molecule has 19 heavy (non-hydrogen) atoms. The van der Waals surface area contributed by atoms with E-state index in [2.05, 4.69) is 10.3 Å². The minimum Gasteiger partial charge on any atom is -0.337 e. The first-order valence-corrected chi connectivity index (χ1v) is 5.26. The van der Waals surface area contributed by atoms with Gasteiger partial charge in [0.25, 0.3) is 0 Å². The van der Waals surface area contributed by atoms with Gasteiger partial charge in [-0.1, -0.05) is 0 Å². The van der Waals surface area contributed by atoms with Crippen LogP contribution >= 0.6 is 0 Å². The zero-order chi connectivity index (χ0) is 14.0. The first-order chi connectivity index (χ1) is 8.86. The molecule has 0 fully saturated rings. The number of aromatic nitrogens is 1. The Morgan fingerprint density at radius 2 is 1.95 bits per heavy atom. The Balaban J connectivity index is 2.15. The van der Waals surface area contributed by atoms with E-state index in [4.69, 9.17) is 0 Å². The second-order valence-electron chi connectivity index (χ2n) is 3.85. The maximum Gasteiger partial charge on any atom is 0.417 e. The summed E-state index contributed by atoms with van der Waals surface area (Å²) in [6, 6.07) is 1.95. The molecule has 0 saturated carbocycles. The zero-order valence-corrected chi connectivity index (χ0v) is 9.46. The number of hydrogen-bond donors (Lipinski definition) is 1. The molecule has 0 radical (unpaired) electrons. The number of nitrogens with one attached hydrogen (secondary N) is 1. The number of ketones is 1. The average Bonchev–Trinajstić information content (AvgIpc) is 2.32. The number of carbonyl (C=O) groups excluding carboxylic acids is 1. The minimum absolute atomic E-state index is 0.0864. The van der Waals surface area contributed by atoms with E-state index in [9.17, 15) is 22.4 Å². The van der Waals surface area contributed by atoms with E-state index in [-0.39, 0.29) is 17.9 Å². The molecule has 0 unspecified atom stereocenters. The fourth-order valence-electron chi connectivity index (χ4n) is 1.46. The van der Waals surface area contributed by atoms with Crippen molar-refractivity contribution in [3.63, 3.8) is 0 Å². The molecule has 1 aliphatic carbocycles. The summed E-state index contributed by atoms with van der Waals surface area (Å²) in [7, 11) is 0. The number of Topliss-reactive ketones (excluding diaryl/α,β-unsaturated/α-hetero) is 1. The molecule has 1 N–H and O–H groups in total. The highest BCUT2D eigenvalue weighted by atomic mass is 19.4.